The van der Waals surface area contributed by atoms with Gasteiger partial charge in [0.05, 0.1) is 35.5 Å². The van der Waals surface area contributed by atoms with E-state index in [-0.39, 0.29) is 5.56 Å². The fourth-order valence-corrected chi connectivity index (χ4v) is 2.54. The highest BCUT2D eigenvalue weighted by Gasteiger charge is 2.13. The van der Waals surface area contributed by atoms with Crippen LogP contribution in [0.1, 0.15) is 15.9 Å². The Labute approximate surface area is 174 Å². The molecule has 2 amide bonds. The summed E-state index contributed by atoms with van der Waals surface area (Å²) in [6, 6.07) is 8.06. The lowest BCUT2D eigenvalue weighted by molar-refractivity contribution is -0.117. The average Bonchev–Trinajstić information content (AvgIpc) is 2.79. The lowest BCUT2D eigenvalue weighted by atomic mass is 10.1. The first-order chi connectivity index (χ1) is 14.4. The second kappa shape index (κ2) is 10.6. The van der Waals surface area contributed by atoms with Crippen LogP contribution in [0.2, 0.25) is 0 Å². The van der Waals surface area contributed by atoms with Gasteiger partial charge >= 0.3 is 0 Å². The van der Waals surface area contributed by atoms with E-state index in [0.29, 0.717) is 34.3 Å². The predicted octanol–water partition coefficient (Wildman–Crippen LogP) is 2.20. The number of carbonyl (C=O) groups is 2. The number of hydrazine groups is 1. The molecule has 160 valence electrons. The van der Waals surface area contributed by atoms with Crippen molar-refractivity contribution in [1.82, 2.24) is 10.9 Å². The zero-order chi connectivity index (χ0) is 22.1. The van der Waals surface area contributed by atoms with E-state index >= 15 is 0 Å². The molecule has 9 heteroatoms. The van der Waals surface area contributed by atoms with Gasteiger partial charge in [0, 0.05) is 17.7 Å². The van der Waals surface area contributed by atoms with Crippen LogP contribution in [0.4, 0.5) is 0 Å². The molecule has 2 rings (SSSR count). The monoisotopic (exact) mass is 416 g/mol. The number of ether oxygens (including phenoxy) is 5. The third kappa shape index (κ3) is 5.57. The minimum Gasteiger partial charge on any atom is -0.497 e. The Morgan fingerprint density at radius 1 is 0.733 bits per heavy atom. The van der Waals surface area contributed by atoms with Crippen molar-refractivity contribution >= 4 is 17.9 Å². The highest BCUT2D eigenvalue weighted by molar-refractivity contribution is 5.98. The van der Waals surface area contributed by atoms with Gasteiger partial charge in [0.2, 0.25) is 5.75 Å². The van der Waals surface area contributed by atoms with Crippen molar-refractivity contribution in [1.29, 1.82) is 0 Å². The summed E-state index contributed by atoms with van der Waals surface area (Å²) >= 11 is 0. The molecule has 2 N–H and O–H groups in total. The van der Waals surface area contributed by atoms with Crippen LogP contribution in [0.5, 0.6) is 28.7 Å². The molecule has 0 fully saturated rings. The minimum atomic E-state index is -0.535. The maximum absolute atomic E-state index is 12.3. The second-order valence-corrected chi connectivity index (χ2v) is 5.84. The van der Waals surface area contributed by atoms with Crippen molar-refractivity contribution in [3.05, 3.63) is 47.5 Å². The molecule has 0 atom stereocenters. The smallest absolute Gasteiger partial charge is 0.269 e. The maximum atomic E-state index is 12.3. The van der Waals surface area contributed by atoms with E-state index in [1.165, 1.54) is 53.8 Å². The van der Waals surface area contributed by atoms with Crippen LogP contribution in [0.15, 0.2) is 36.4 Å². The van der Waals surface area contributed by atoms with Crippen LogP contribution in [0.25, 0.3) is 6.08 Å². The fraction of sp³-hybridized carbons (Fsp3) is 0.238. The Kier molecular flexibility index (Phi) is 7.92. The Hall–Kier alpha value is -3.88. The van der Waals surface area contributed by atoms with Gasteiger partial charge in [0.15, 0.2) is 11.5 Å². The Balaban J connectivity index is 2.06. The van der Waals surface area contributed by atoms with E-state index < -0.39 is 11.8 Å². The molecule has 0 aliphatic rings. The third-order valence-corrected chi connectivity index (χ3v) is 4.03. The van der Waals surface area contributed by atoms with Gasteiger partial charge in [0.25, 0.3) is 11.8 Å². The average molecular weight is 416 g/mol. The molecule has 0 radical (unpaired) electrons. The highest BCUT2D eigenvalue weighted by atomic mass is 16.5. The van der Waals surface area contributed by atoms with Gasteiger partial charge in [-0.3, -0.25) is 20.4 Å². The molecular weight excluding hydrogens is 392 g/mol. The molecule has 0 aliphatic heterocycles. The lowest BCUT2D eigenvalue weighted by Crippen LogP contribution is -2.40. The number of hydrogen-bond acceptors (Lipinski definition) is 7. The van der Waals surface area contributed by atoms with Crippen molar-refractivity contribution in [2.75, 3.05) is 35.5 Å². The molecule has 2 aromatic rings. The summed E-state index contributed by atoms with van der Waals surface area (Å²) in [5, 5.41) is 0. The van der Waals surface area contributed by atoms with Gasteiger partial charge in [-0.1, -0.05) is 0 Å². The highest BCUT2D eigenvalue weighted by Crippen LogP contribution is 2.38. The SMILES string of the molecule is COc1cc(OC)cc(C(=O)NNC(=O)/C=C/c2cc(OC)c(OC)c(OC)c2)c1. The predicted molar refractivity (Wildman–Crippen MR) is 110 cm³/mol. The summed E-state index contributed by atoms with van der Waals surface area (Å²) < 4.78 is 26.1. The zero-order valence-electron chi connectivity index (χ0n) is 17.4. The lowest BCUT2D eigenvalue weighted by Gasteiger charge is -2.12. The Morgan fingerprint density at radius 2 is 1.30 bits per heavy atom. The van der Waals surface area contributed by atoms with Crippen LogP contribution >= 0.6 is 0 Å². The number of nitrogens with one attached hydrogen (secondary N) is 2. The first-order valence-corrected chi connectivity index (χ1v) is 8.77. The summed E-state index contributed by atoms with van der Waals surface area (Å²) in [6.45, 7) is 0. The van der Waals surface area contributed by atoms with E-state index in [9.17, 15) is 9.59 Å². The molecule has 2 aromatic carbocycles. The third-order valence-electron chi connectivity index (χ3n) is 4.03. The largest absolute Gasteiger partial charge is 0.497 e. The Bertz CT molecular complexity index is 894. The van der Waals surface area contributed by atoms with E-state index in [2.05, 4.69) is 10.9 Å². The van der Waals surface area contributed by atoms with E-state index in [1.54, 1.807) is 24.3 Å². The van der Waals surface area contributed by atoms with Crippen molar-refractivity contribution < 1.29 is 33.3 Å². The quantitative estimate of drug-likeness (QED) is 0.502. The minimum absolute atomic E-state index is 0.264. The van der Waals surface area contributed by atoms with Gasteiger partial charge < -0.3 is 23.7 Å². The second-order valence-electron chi connectivity index (χ2n) is 5.84. The topological polar surface area (TPSA) is 104 Å². The van der Waals surface area contributed by atoms with Crippen molar-refractivity contribution in [2.24, 2.45) is 0 Å². The van der Waals surface area contributed by atoms with Gasteiger partial charge in [-0.05, 0) is 35.9 Å². The van der Waals surface area contributed by atoms with Crippen LogP contribution in [0.3, 0.4) is 0 Å². The molecule has 0 spiro atoms. The van der Waals surface area contributed by atoms with Crippen molar-refractivity contribution in [2.45, 2.75) is 0 Å². The number of hydrogen-bond donors (Lipinski definition) is 2. The van der Waals surface area contributed by atoms with E-state index in [1.807, 2.05) is 0 Å². The molecule has 0 bridgehead atoms. The number of methoxy groups -OCH3 is 5. The summed E-state index contributed by atoms with van der Waals surface area (Å²) in [5.41, 5.74) is 5.55. The maximum Gasteiger partial charge on any atom is 0.269 e. The van der Waals surface area contributed by atoms with Crippen LogP contribution in [0, 0.1) is 0 Å². The number of benzene rings is 2. The van der Waals surface area contributed by atoms with Gasteiger partial charge in [-0.15, -0.1) is 0 Å². The van der Waals surface area contributed by atoms with Crippen molar-refractivity contribution in [3.63, 3.8) is 0 Å². The molecule has 0 aromatic heterocycles. The first-order valence-electron chi connectivity index (χ1n) is 8.77. The number of rotatable bonds is 8. The van der Waals surface area contributed by atoms with Crippen LogP contribution in [-0.2, 0) is 4.79 Å². The summed E-state index contributed by atoms with van der Waals surface area (Å²) in [5.74, 6) is 1.20. The first kappa shape index (κ1) is 22.4. The number of carbonyl (C=O) groups excluding carboxylic acids is 2. The van der Waals surface area contributed by atoms with Crippen LogP contribution < -0.4 is 34.5 Å². The Morgan fingerprint density at radius 3 is 1.77 bits per heavy atom. The summed E-state index contributed by atoms with van der Waals surface area (Å²) in [4.78, 5) is 24.4. The normalized spacial score (nSPS) is 10.3. The van der Waals surface area contributed by atoms with Gasteiger partial charge in [0.1, 0.15) is 11.5 Å². The molecule has 30 heavy (non-hydrogen) atoms. The van der Waals surface area contributed by atoms with E-state index in [4.69, 9.17) is 23.7 Å². The van der Waals surface area contributed by atoms with Gasteiger partial charge in [-0.2, -0.15) is 0 Å². The molecular formula is C21H24N2O7. The summed E-state index contributed by atoms with van der Waals surface area (Å²) in [6.07, 6.45) is 2.80. The zero-order valence-corrected chi connectivity index (χ0v) is 17.4. The summed E-state index contributed by atoms with van der Waals surface area (Å²) in [7, 11) is 7.46. The molecule has 0 saturated heterocycles. The standard InChI is InChI=1S/C21H24N2O7/c1-26-15-10-14(11-16(12-15)27-2)21(25)23-22-19(24)7-6-13-8-17(28-3)20(30-5)18(9-13)29-4/h6-12H,1-5H3,(H,22,24)(H,23,25)/b7-6+. The molecule has 0 aliphatic carbocycles. The fourth-order valence-electron chi connectivity index (χ4n) is 2.54. The molecule has 0 unspecified atom stereocenters. The van der Waals surface area contributed by atoms with Crippen LogP contribution in [-0.4, -0.2) is 47.4 Å². The molecule has 9 nitrogen and oxygen atoms in total. The van der Waals surface area contributed by atoms with Crippen molar-refractivity contribution in [3.8, 4) is 28.7 Å². The molecule has 0 heterocycles. The number of amides is 2. The van der Waals surface area contributed by atoms with Gasteiger partial charge in [-0.25, -0.2) is 0 Å². The molecule has 0 saturated carbocycles. The van der Waals surface area contributed by atoms with E-state index in [0.717, 1.165) is 0 Å².